The minimum atomic E-state index is -4.67. The van der Waals surface area contributed by atoms with Gasteiger partial charge in [0.2, 0.25) is 5.91 Å². The van der Waals surface area contributed by atoms with Crippen molar-refractivity contribution < 1.29 is 18.0 Å². The van der Waals surface area contributed by atoms with Crippen molar-refractivity contribution in [2.45, 2.75) is 19.0 Å². The van der Waals surface area contributed by atoms with E-state index in [4.69, 9.17) is 0 Å². The SMILES string of the molecule is O=C(CNc1ccc2nnc(C(F)(F)F)n2n1)N1CCCc2ccccc21. The molecule has 0 bridgehead atoms. The van der Waals surface area contributed by atoms with Crippen LogP contribution in [-0.4, -0.2) is 38.8 Å². The molecule has 0 aliphatic carbocycles. The smallest absolute Gasteiger partial charge is 0.360 e. The van der Waals surface area contributed by atoms with Gasteiger partial charge in [0.25, 0.3) is 5.82 Å². The van der Waals surface area contributed by atoms with Crippen molar-refractivity contribution in [2.24, 2.45) is 0 Å². The van der Waals surface area contributed by atoms with Crippen LogP contribution in [0.1, 0.15) is 17.8 Å². The number of amides is 1. The first-order valence-electron chi connectivity index (χ1n) is 8.35. The van der Waals surface area contributed by atoms with E-state index in [1.165, 1.54) is 12.1 Å². The Labute approximate surface area is 151 Å². The highest BCUT2D eigenvalue weighted by Crippen LogP contribution is 2.28. The molecule has 0 radical (unpaired) electrons. The Bertz CT molecular complexity index is 1000. The number of nitrogens with zero attached hydrogens (tertiary/aromatic N) is 5. The first-order valence-corrected chi connectivity index (χ1v) is 8.35. The van der Waals surface area contributed by atoms with Crippen LogP contribution >= 0.6 is 0 Å². The topological polar surface area (TPSA) is 75.4 Å². The van der Waals surface area contributed by atoms with Crippen molar-refractivity contribution >= 4 is 23.1 Å². The average Bonchev–Trinajstić information content (AvgIpc) is 3.09. The highest BCUT2D eigenvalue weighted by atomic mass is 19.4. The maximum atomic E-state index is 12.9. The second kappa shape index (κ2) is 6.53. The van der Waals surface area contributed by atoms with Crippen LogP contribution in [0.15, 0.2) is 36.4 Å². The fourth-order valence-corrected chi connectivity index (χ4v) is 3.11. The summed E-state index contributed by atoms with van der Waals surface area (Å²) in [4.78, 5) is 14.3. The third kappa shape index (κ3) is 3.29. The largest absolute Gasteiger partial charge is 0.453 e. The fraction of sp³-hybridized carbons (Fsp3) is 0.294. The van der Waals surface area contributed by atoms with E-state index in [-0.39, 0.29) is 23.9 Å². The van der Waals surface area contributed by atoms with Crippen LogP contribution in [0.3, 0.4) is 0 Å². The first kappa shape index (κ1) is 17.3. The lowest BCUT2D eigenvalue weighted by molar-refractivity contribution is -0.146. The summed E-state index contributed by atoms with van der Waals surface area (Å²) in [5.41, 5.74) is 1.96. The summed E-state index contributed by atoms with van der Waals surface area (Å²) in [6, 6.07) is 10.5. The van der Waals surface area contributed by atoms with E-state index in [0.717, 1.165) is 24.1 Å². The molecule has 1 aliphatic rings. The molecular weight excluding hydrogens is 361 g/mol. The van der Waals surface area contributed by atoms with E-state index in [0.29, 0.717) is 11.1 Å². The summed E-state index contributed by atoms with van der Waals surface area (Å²) in [6.45, 7) is 0.518. The molecule has 27 heavy (non-hydrogen) atoms. The molecule has 2 aromatic heterocycles. The summed E-state index contributed by atoms with van der Waals surface area (Å²) in [6.07, 6.45) is -2.89. The van der Waals surface area contributed by atoms with Gasteiger partial charge >= 0.3 is 6.18 Å². The van der Waals surface area contributed by atoms with Gasteiger partial charge in [-0.25, -0.2) is 0 Å². The Morgan fingerprint density at radius 1 is 1.15 bits per heavy atom. The van der Waals surface area contributed by atoms with E-state index < -0.39 is 12.0 Å². The van der Waals surface area contributed by atoms with Gasteiger partial charge in [0, 0.05) is 12.2 Å². The van der Waals surface area contributed by atoms with E-state index in [1.807, 2.05) is 24.3 Å². The standard InChI is InChI=1S/C17H15F3N6O/c18-17(19,20)16-23-22-14-8-7-13(24-26(14)16)21-10-15(27)25-9-3-5-11-4-1-2-6-12(11)25/h1-2,4,6-8H,3,5,9-10H2,(H,21,24). The number of carbonyl (C=O) groups excluding carboxylic acids is 1. The molecule has 3 heterocycles. The number of alkyl halides is 3. The van der Waals surface area contributed by atoms with Crippen LogP contribution in [0.25, 0.3) is 5.65 Å². The number of hydrogen-bond donors (Lipinski definition) is 1. The Hall–Kier alpha value is -3.17. The highest BCUT2D eigenvalue weighted by Gasteiger charge is 2.37. The van der Waals surface area contributed by atoms with Gasteiger partial charge in [0.15, 0.2) is 5.65 Å². The number of aryl methyl sites for hydroxylation is 1. The molecular formula is C17H15F3N6O. The summed E-state index contributed by atoms with van der Waals surface area (Å²) < 4.78 is 39.4. The highest BCUT2D eigenvalue weighted by molar-refractivity contribution is 5.97. The number of anilines is 2. The molecule has 4 rings (SSSR count). The zero-order valence-electron chi connectivity index (χ0n) is 14.1. The van der Waals surface area contributed by atoms with Gasteiger partial charge in [-0.3, -0.25) is 4.79 Å². The quantitative estimate of drug-likeness (QED) is 0.760. The van der Waals surface area contributed by atoms with Gasteiger partial charge in [0.1, 0.15) is 5.82 Å². The van der Waals surface area contributed by atoms with Crippen LogP contribution in [0, 0.1) is 0 Å². The fourth-order valence-electron chi connectivity index (χ4n) is 3.11. The van der Waals surface area contributed by atoms with Gasteiger partial charge < -0.3 is 10.2 Å². The molecule has 0 spiro atoms. The molecule has 3 aromatic rings. The Morgan fingerprint density at radius 2 is 1.96 bits per heavy atom. The molecule has 0 atom stereocenters. The van der Waals surface area contributed by atoms with Crippen molar-refractivity contribution in [3.05, 3.63) is 47.8 Å². The van der Waals surface area contributed by atoms with Crippen molar-refractivity contribution in [2.75, 3.05) is 23.3 Å². The third-order valence-corrected chi connectivity index (χ3v) is 4.35. The van der Waals surface area contributed by atoms with Crippen LogP contribution in [-0.2, 0) is 17.4 Å². The van der Waals surface area contributed by atoms with Crippen molar-refractivity contribution in [1.82, 2.24) is 19.8 Å². The van der Waals surface area contributed by atoms with E-state index in [1.54, 1.807) is 4.90 Å². The number of carbonyl (C=O) groups is 1. The maximum Gasteiger partial charge on any atom is 0.453 e. The van der Waals surface area contributed by atoms with Gasteiger partial charge in [-0.1, -0.05) is 18.2 Å². The monoisotopic (exact) mass is 376 g/mol. The number of nitrogens with one attached hydrogen (secondary N) is 1. The van der Waals surface area contributed by atoms with E-state index in [9.17, 15) is 18.0 Å². The number of aromatic nitrogens is 4. The third-order valence-electron chi connectivity index (χ3n) is 4.35. The minimum absolute atomic E-state index is 0.0239. The number of fused-ring (bicyclic) bond motifs is 2. The van der Waals surface area contributed by atoms with Gasteiger partial charge in [0.05, 0.1) is 6.54 Å². The lowest BCUT2D eigenvalue weighted by Gasteiger charge is -2.29. The minimum Gasteiger partial charge on any atom is -0.360 e. The lowest BCUT2D eigenvalue weighted by Crippen LogP contribution is -2.39. The normalized spacial score (nSPS) is 14.3. The number of halogens is 3. The van der Waals surface area contributed by atoms with Crippen LogP contribution in [0.5, 0.6) is 0 Å². The van der Waals surface area contributed by atoms with Crippen molar-refractivity contribution in [1.29, 1.82) is 0 Å². The molecule has 0 unspecified atom stereocenters. The molecule has 1 aromatic carbocycles. The lowest BCUT2D eigenvalue weighted by atomic mass is 10.0. The molecule has 1 amide bonds. The predicted octanol–water partition coefficient (Wildman–Crippen LogP) is 2.53. The molecule has 1 aliphatic heterocycles. The van der Waals surface area contributed by atoms with Gasteiger partial charge in [-0.2, -0.15) is 17.7 Å². The van der Waals surface area contributed by atoms with Gasteiger partial charge in [-0.05, 0) is 36.6 Å². The van der Waals surface area contributed by atoms with Crippen LogP contribution in [0.4, 0.5) is 24.7 Å². The summed E-state index contributed by atoms with van der Waals surface area (Å²) in [7, 11) is 0. The van der Waals surface area contributed by atoms with Crippen LogP contribution < -0.4 is 10.2 Å². The number of benzene rings is 1. The molecule has 1 N–H and O–H groups in total. The number of hydrogen-bond acceptors (Lipinski definition) is 5. The van der Waals surface area contributed by atoms with Gasteiger partial charge in [-0.15, -0.1) is 15.3 Å². The predicted molar refractivity (Wildman–Crippen MR) is 91.4 cm³/mol. The summed E-state index contributed by atoms with van der Waals surface area (Å²) in [5, 5.41) is 13.2. The molecule has 0 saturated carbocycles. The Balaban J connectivity index is 1.51. The van der Waals surface area contributed by atoms with Crippen LogP contribution in [0.2, 0.25) is 0 Å². The number of rotatable bonds is 3. The van der Waals surface area contributed by atoms with Crippen molar-refractivity contribution in [3.8, 4) is 0 Å². The van der Waals surface area contributed by atoms with E-state index in [2.05, 4.69) is 20.6 Å². The maximum absolute atomic E-state index is 12.9. The Morgan fingerprint density at radius 3 is 2.78 bits per heavy atom. The van der Waals surface area contributed by atoms with E-state index >= 15 is 0 Å². The summed E-state index contributed by atoms with van der Waals surface area (Å²) >= 11 is 0. The van der Waals surface area contributed by atoms with Crippen molar-refractivity contribution in [3.63, 3.8) is 0 Å². The average molecular weight is 376 g/mol. The first-order chi connectivity index (χ1) is 12.9. The molecule has 140 valence electrons. The zero-order valence-corrected chi connectivity index (χ0v) is 14.1. The molecule has 0 saturated heterocycles. The Kier molecular flexibility index (Phi) is 4.17. The number of para-hydroxylation sites is 1. The second-order valence-corrected chi connectivity index (χ2v) is 6.14. The second-order valence-electron chi connectivity index (χ2n) is 6.14. The molecule has 0 fully saturated rings. The summed E-state index contributed by atoms with van der Waals surface area (Å²) in [5.74, 6) is -1.26. The molecule has 10 heteroatoms. The molecule has 7 nitrogen and oxygen atoms in total. The zero-order chi connectivity index (χ0) is 19.0.